The lowest BCUT2D eigenvalue weighted by Crippen LogP contribution is -2.49. The van der Waals surface area contributed by atoms with Gasteiger partial charge in [0, 0.05) is 31.1 Å². The molecule has 4 aromatic rings. The highest BCUT2D eigenvalue weighted by molar-refractivity contribution is 5.89. The number of Topliss-reactive ketones (excluding diaryl/α,β-unsaturated/α-hetero) is 1. The fourth-order valence-electron chi connectivity index (χ4n) is 9.46. The Morgan fingerprint density at radius 1 is 0.717 bits per heavy atom. The van der Waals surface area contributed by atoms with Gasteiger partial charge >= 0.3 is 0 Å². The molecule has 12 heteroatoms. The molecule has 0 bridgehead atoms. The van der Waals surface area contributed by atoms with Crippen molar-refractivity contribution < 1.29 is 37.6 Å². The van der Waals surface area contributed by atoms with Crippen LogP contribution in [0.4, 0.5) is 8.78 Å². The third-order valence-electron chi connectivity index (χ3n) is 12.2. The number of halogens is 2. The molecule has 2 aromatic heterocycles. The highest BCUT2D eigenvalue weighted by Gasteiger charge is 2.55. The lowest BCUT2D eigenvalue weighted by Gasteiger charge is -2.47. The molecule has 2 aromatic carbocycles. The van der Waals surface area contributed by atoms with Gasteiger partial charge in [-0.1, -0.05) is 11.1 Å². The third kappa shape index (κ3) is 5.82. The Labute approximate surface area is 306 Å². The van der Waals surface area contributed by atoms with E-state index in [1.165, 1.54) is 29.8 Å². The molecule has 6 aliphatic rings. The standard InChI is InChI=1S/C21H21FN2O3.C20H21FN2O3/c1-14(25)20-11-15-12-23-24(18-4-2-17(22)3-5-18)19(15)10-16(20)6-7-21(13-20)26-8-9-27-21;21-16-1-3-17(4-2-16)23-18-9-15-5-6-20(25-7-8-26-20)12-19(15,13-24)10-14(18)11-22-23/h2-5,10,12H,6-9,11,13H2,1H3;1-4,9,11,24H,5-8,10,12-13H2/t20-;19-/m11/s1. The first kappa shape index (κ1) is 34.4. The first-order valence-electron chi connectivity index (χ1n) is 18.4. The van der Waals surface area contributed by atoms with Gasteiger partial charge in [0.15, 0.2) is 11.6 Å². The van der Waals surface area contributed by atoms with Crippen LogP contribution >= 0.6 is 0 Å². The van der Waals surface area contributed by atoms with Crippen molar-refractivity contribution in [2.24, 2.45) is 10.8 Å². The highest BCUT2D eigenvalue weighted by atomic mass is 19.1. The Hall–Kier alpha value is -4.33. The Bertz CT molecular complexity index is 2110. The van der Waals surface area contributed by atoms with Crippen molar-refractivity contribution in [2.45, 2.75) is 69.9 Å². The molecule has 2 saturated carbocycles. The molecule has 53 heavy (non-hydrogen) atoms. The second kappa shape index (κ2) is 12.9. The number of ether oxygens (including phenoxy) is 4. The number of rotatable bonds is 4. The highest BCUT2D eigenvalue weighted by Crippen LogP contribution is 2.55. The molecule has 2 atom stereocenters. The van der Waals surface area contributed by atoms with E-state index in [4.69, 9.17) is 18.9 Å². The lowest BCUT2D eigenvalue weighted by molar-refractivity contribution is -0.195. The van der Waals surface area contributed by atoms with Crippen LogP contribution in [0.15, 0.2) is 72.1 Å². The topological polar surface area (TPSA) is 110 Å². The van der Waals surface area contributed by atoms with Crippen molar-refractivity contribution in [3.63, 3.8) is 0 Å². The zero-order valence-corrected chi connectivity index (χ0v) is 29.7. The molecule has 2 aliphatic heterocycles. The van der Waals surface area contributed by atoms with E-state index in [0.29, 0.717) is 52.1 Å². The van der Waals surface area contributed by atoms with Gasteiger partial charge in [-0.3, -0.25) is 4.79 Å². The summed E-state index contributed by atoms with van der Waals surface area (Å²) in [6.07, 6.45) is 13.6. The van der Waals surface area contributed by atoms with Gasteiger partial charge in [0.1, 0.15) is 17.4 Å². The van der Waals surface area contributed by atoms with Crippen LogP contribution in [0.1, 0.15) is 68.0 Å². The van der Waals surface area contributed by atoms with Crippen LogP contribution in [-0.2, 0) is 36.6 Å². The minimum Gasteiger partial charge on any atom is -0.395 e. The molecule has 0 radical (unpaired) electrons. The van der Waals surface area contributed by atoms with Crippen LogP contribution in [0.5, 0.6) is 0 Å². The van der Waals surface area contributed by atoms with Gasteiger partial charge in [-0.25, -0.2) is 18.1 Å². The van der Waals surface area contributed by atoms with Gasteiger partial charge < -0.3 is 24.1 Å². The van der Waals surface area contributed by atoms with Crippen molar-refractivity contribution in [3.8, 4) is 11.4 Å². The summed E-state index contributed by atoms with van der Waals surface area (Å²) in [6, 6.07) is 12.6. The second-order valence-corrected chi connectivity index (χ2v) is 15.2. The third-order valence-corrected chi connectivity index (χ3v) is 12.2. The fourth-order valence-corrected chi connectivity index (χ4v) is 9.46. The minimum absolute atomic E-state index is 0.0640. The summed E-state index contributed by atoms with van der Waals surface area (Å²) >= 11 is 0. The molecular weight excluding hydrogens is 682 g/mol. The van der Waals surface area contributed by atoms with E-state index in [1.54, 1.807) is 31.2 Å². The number of aliphatic hydroxyl groups excluding tert-OH is 1. The van der Waals surface area contributed by atoms with E-state index < -0.39 is 17.0 Å². The van der Waals surface area contributed by atoms with E-state index in [-0.39, 0.29) is 29.4 Å². The first-order chi connectivity index (χ1) is 25.6. The SMILES string of the molecule is CC(=O)[C@]12Cc3cnn(-c4ccc(F)cc4)c3C=C1CCC1(C2)OCCO1.OC[C@]12Cc3cnn(-c4ccc(F)cc4)c3C=C1CCC1(C2)OCCO1. The summed E-state index contributed by atoms with van der Waals surface area (Å²) < 4.78 is 53.8. The first-order valence-corrected chi connectivity index (χ1v) is 18.4. The number of carbonyl (C=O) groups is 1. The monoisotopic (exact) mass is 724 g/mol. The van der Waals surface area contributed by atoms with E-state index in [1.807, 2.05) is 21.8 Å². The smallest absolute Gasteiger partial charge is 0.170 e. The molecule has 0 unspecified atom stereocenters. The largest absolute Gasteiger partial charge is 0.395 e. The van der Waals surface area contributed by atoms with E-state index in [0.717, 1.165) is 65.1 Å². The van der Waals surface area contributed by atoms with Gasteiger partial charge in [0.2, 0.25) is 0 Å². The normalized spacial score (nSPS) is 26.1. The Balaban J connectivity index is 0.000000141. The number of benzene rings is 2. The lowest BCUT2D eigenvalue weighted by atomic mass is 9.61. The average Bonchev–Trinajstić information content (AvgIpc) is 3.99. The Kier molecular flexibility index (Phi) is 8.39. The van der Waals surface area contributed by atoms with Crippen LogP contribution < -0.4 is 0 Å². The van der Waals surface area contributed by atoms with Gasteiger partial charge in [0.05, 0.1) is 73.6 Å². The molecule has 2 saturated heterocycles. The number of aliphatic hydroxyl groups is 1. The van der Waals surface area contributed by atoms with Crippen LogP contribution in [0, 0.1) is 22.5 Å². The summed E-state index contributed by atoms with van der Waals surface area (Å²) in [4.78, 5) is 12.8. The number of fused-ring (bicyclic) bond motifs is 4. The molecular formula is C41H42F2N4O6. The van der Waals surface area contributed by atoms with Crippen molar-refractivity contribution in [1.29, 1.82) is 0 Å². The summed E-state index contributed by atoms with van der Waals surface area (Å²) in [7, 11) is 0. The molecule has 276 valence electrons. The van der Waals surface area contributed by atoms with E-state index in [2.05, 4.69) is 22.3 Å². The number of nitrogens with zero attached hydrogens (tertiary/aromatic N) is 4. The maximum atomic E-state index is 13.3. The molecule has 10 rings (SSSR count). The zero-order chi connectivity index (χ0) is 36.4. The fraction of sp³-hybridized carbons (Fsp3) is 0.439. The predicted molar refractivity (Wildman–Crippen MR) is 190 cm³/mol. The Morgan fingerprint density at radius 2 is 1.19 bits per heavy atom. The van der Waals surface area contributed by atoms with Crippen molar-refractivity contribution in [2.75, 3.05) is 33.0 Å². The van der Waals surface area contributed by atoms with Crippen LogP contribution in [0.3, 0.4) is 0 Å². The zero-order valence-electron chi connectivity index (χ0n) is 29.7. The maximum Gasteiger partial charge on any atom is 0.170 e. The molecule has 4 heterocycles. The summed E-state index contributed by atoms with van der Waals surface area (Å²) in [5.74, 6) is -1.57. The summed E-state index contributed by atoms with van der Waals surface area (Å²) in [5.41, 5.74) is 7.12. The van der Waals surface area contributed by atoms with Crippen LogP contribution in [0.2, 0.25) is 0 Å². The molecule has 10 nitrogen and oxygen atoms in total. The van der Waals surface area contributed by atoms with Crippen molar-refractivity contribution >= 4 is 17.9 Å². The van der Waals surface area contributed by atoms with Crippen LogP contribution in [0.25, 0.3) is 23.5 Å². The molecule has 2 spiro atoms. The quantitative estimate of drug-likeness (QED) is 0.261. The predicted octanol–water partition coefficient (Wildman–Crippen LogP) is 6.31. The van der Waals surface area contributed by atoms with Gasteiger partial charge in [-0.05, 0) is 104 Å². The maximum absolute atomic E-state index is 13.3. The molecule has 0 amide bonds. The minimum atomic E-state index is -0.631. The number of aromatic nitrogens is 4. The van der Waals surface area contributed by atoms with Crippen LogP contribution in [-0.4, -0.2) is 75.1 Å². The van der Waals surface area contributed by atoms with Gasteiger partial charge in [0.25, 0.3) is 0 Å². The average molecular weight is 725 g/mol. The van der Waals surface area contributed by atoms with Gasteiger partial charge in [-0.15, -0.1) is 0 Å². The molecule has 4 fully saturated rings. The summed E-state index contributed by atoms with van der Waals surface area (Å²) in [5, 5.41) is 19.3. The number of ketones is 1. The Morgan fingerprint density at radius 3 is 1.70 bits per heavy atom. The number of hydrogen-bond donors (Lipinski definition) is 1. The van der Waals surface area contributed by atoms with E-state index >= 15 is 0 Å². The molecule has 4 aliphatic carbocycles. The van der Waals surface area contributed by atoms with Crippen molar-refractivity contribution in [1.82, 2.24) is 19.6 Å². The number of carbonyl (C=O) groups excluding carboxylic acids is 1. The molecule has 1 N–H and O–H groups in total. The van der Waals surface area contributed by atoms with Gasteiger partial charge in [-0.2, -0.15) is 10.2 Å². The number of allylic oxidation sites excluding steroid dienone is 1. The van der Waals surface area contributed by atoms with Crippen molar-refractivity contribution in [3.05, 3.63) is 106 Å². The number of hydrogen-bond acceptors (Lipinski definition) is 8. The van der Waals surface area contributed by atoms with E-state index in [9.17, 15) is 18.7 Å². The second-order valence-electron chi connectivity index (χ2n) is 15.2. The summed E-state index contributed by atoms with van der Waals surface area (Å²) in [6.45, 7) is 4.13.